The topological polar surface area (TPSA) is 38.5 Å². The summed E-state index contributed by atoms with van der Waals surface area (Å²) in [5.74, 6) is 9.30. The molecule has 1 aliphatic rings. The molecule has 2 rings (SSSR count). The van der Waals surface area contributed by atoms with Gasteiger partial charge in [-0.25, -0.2) is 0 Å². The molecule has 3 nitrogen and oxygen atoms in total. The van der Waals surface area contributed by atoms with E-state index in [1.807, 2.05) is 24.3 Å². The van der Waals surface area contributed by atoms with Gasteiger partial charge in [0.05, 0.1) is 6.54 Å². The highest BCUT2D eigenvalue weighted by Gasteiger charge is 2.08. The predicted octanol–water partition coefficient (Wildman–Crippen LogP) is 1.81. The Balaban J connectivity index is 1.73. The summed E-state index contributed by atoms with van der Waals surface area (Å²) in [6, 6.07) is 7.89. The fourth-order valence-electron chi connectivity index (χ4n) is 2.10. The highest BCUT2D eigenvalue weighted by Crippen LogP contribution is 2.12. The summed E-state index contributed by atoms with van der Waals surface area (Å²) in [6.07, 6.45) is 1.29. The van der Waals surface area contributed by atoms with E-state index in [2.05, 4.69) is 28.5 Å². The van der Waals surface area contributed by atoms with Crippen molar-refractivity contribution >= 4 is 11.8 Å². The second-order valence-corrected chi connectivity index (χ2v) is 5.91. The molecule has 0 radical (unpaired) electrons. The molecule has 0 spiro atoms. The standard InChI is InChI=1S/C16H22N2OS/c17-8-1-3-15-4-6-16(7-5-15)19-12-10-18-9-2-13-20-14-11-18/h4-7H,2,8-14,17H2. The van der Waals surface area contributed by atoms with Crippen LogP contribution in [0.4, 0.5) is 0 Å². The van der Waals surface area contributed by atoms with Gasteiger partial charge in [0.25, 0.3) is 0 Å². The molecule has 0 aliphatic carbocycles. The van der Waals surface area contributed by atoms with Gasteiger partial charge >= 0.3 is 0 Å². The zero-order chi connectivity index (χ0) is 14.0. The number of ether oxygens (including phenoxy) is 1. The molecule has 0 aromatic heterocycles. The minimum atomic E-state index is 0.395. The molecular formula is C16H22N2OS. The summed E-state index contributed by atoms with van der Waals surface area (Å²) in [5, 5.41) is 0. The molecule has 1 aliphatic heterocycles. The van der Waals surface area contributed by atoms with Crippen LogP contribution in [-0.4, -0.2) is 49.2 Å². The van der Waals surface area contributed by atoms with Crippen molar-refractivity contribution in [1.29, 1.82) is 0 Å². The van der Waals surface area contributed by atoms with E-state index in [-0.39, 0.29) is 0 Å². The zero-order valence-electron chi connectivity index (χ0n) is 11.8. The van der Waals surface area contributed by atoms with E-state index in [0.29, 0.717) is 6.54 Å². The van der Waals surface area contributed by atoms with Crippen LogP contribution >= 0.6 is 11.8 Å². The molecular weight excluding hydrogens is 268 g/mol. The lowest BCUT2D eigenvalue weighted by molar-refractivity contribution is 0.219. The molecule has 0 unspecified atom stereocenters. The number of hydrogen-bond donors (Lipinski definition) is 1. The summed E-state index contributed by atoms with van der Waals surface area (Å²) in [7, 11) is 0. The van der Waals surface area contributed by atoms with Gasteiger partial charge in [0.1, 0.15) is 12.4 Å². The Bertz CT molecular complexity index is 442. The fraction of sp³-hybridized carbons (Fsp3) is 0.500. The molecule has 1 aromatic carbocycles. The molecule has 0 bridgehead atoms. The van der Waals surface area contributed by atoms with Gasteiger partial charge in [0.2, 0.25) is 0 Å². The van der Waals surface area contributed by atoms with E-state index in [1.54, 1.807) is 0 Å². The van der Waals surface area contributed by atoms with Crippen molar-refractivity contribution in [2.75, 3.05) is 44.3 Å². The molecule has 0 amide bonds. The maximum Gasteiger partial charge on any atom is 0.119 e. The quantitative estimate of drug-likeness (QED) is 0.859. The Labute approximate surface area is 125 Å². The van der Waals surface area contributed by atoms with Crippen LogP contribution in [0.5, 0.6) is 5.75 Å². The van der Waals surface area contributed by atoms with Crippen molar-refractivity contribution in [3.8, 4) is 17.6 Å². The lowest BCUT2D eigenvalue weighted by atomic mass is 10.2. The van der Waals surface area contributed by atoms with Gasteiger partial charge in [0.15, 0.2) is 0 Å². The van der Waals surface area contributed by atoms with Crippen LogP contribution < -0.4 is 10.5 Å². The first kappa shape index (κ1) is 15.2. The average molecular weight is 290 g/mol. The Morgan fingerprint density at radius 1 is 1.20 bits per heavy atom. The van der Waals surface area contributed by atoms with Crippen LogP contribution in [0.25, 0.3) is 0 Å². The molecule has 0 saturated carbocycles. The summed E-state index contributed by atoms with van der Waals surface area (Å²) in [4.78, 5) is 2.49. The monoisotopic (exact) mass is 290 g/mol. The van der Waals surface area contributed by atoms with Crippen LogP contribution in [0, 0.1) is 11.8 Å². The third kappa shape index (κ3) is 5.46. The second-order valence-electron chi connectivity index (χ2n) is 4.69. The molecule has 1 fully saturated rings. The molecule has 1 heterocycles. The summed E-state index contributed by atoms with van der Waals surface area (Å²) < 4.78 is 5.79. The normalized spacial score (nSPS) is 16.1. The highest BCUT2D eigenvalue weighted by atomic mass is 32.2. The minimum absolute atomic E-state index is 0.395. The number of hydrogen-bond acceptors (Lipinski definition) is 4. The molecule has 4 heteroatoms. The SMILES string of the molecule is NCC#Cc1ccc(OCCN2CCCSCC2)cc1. The molecule has 1 saturated heterocycles. The van der Waals surface area contributed by atoms with E-state index in [0.717, 1.165) is 24.5 Å². The maximum absolute atomic E-state index is 5.79. The van der Waals surface area contributed by atoms with Gasteiger partial charge in [-0.2, -0.15) is 11.8 Å². The van der Waals surface area contributed by atoms with E-state index in [4.69, 9.17) is 10.5 Å². The lowest BCUT2D eigenvalue weighted by Crippen LogP contribution is -2.30. The molecule has 2 N–H and O–H groups in total. The minimum Gasteiger partial charge on any atom is -0.492 e. The first-order valence-electron chi connectivity index (χ1n) is 7.10. The van der Waals surface area contributed by atoms with Crippen molar-refractivity contribution < 1.29 is 4.74 Å². The number of rotatable bonds is 4. The second kappa shape index (κ2) is 8.91. The highest BCUT2D eigenvalue weighted by molar-refractivity contribution is 7.99. The Kier molecular flexibility index (Phi) is 6.79. The molecule has 1 aromatic rings. The number of nitrogens with two attached hydrogens (primary N) is 1. The van der Waals surface area contributed by atoms with Gasteiger partial charge < -0.3 is 10.5 Å². The third-order valence-electron chi connectivity index (χ3n) is 3.18. The first-order chi connectivity index (χ1) is 9.88. The van der Waals surface area contributed by atoms with Crippen molar-refractivity contribution in [2.45, 2.75) is 6.42 Å². The lowest BCUT2D eigenvalue weighted by Gasteiger charge is -2.19. The smallest absolute Gasteiger partial charge is 0.119 e. The van der Waals surface area contributed by atoms with Crippen molar-refractivity contribution in [3.63, 3.8) is 0 Å². The van der Waals surface area contributed by atoms with Gasteiger partial charge in [-0.3, -0.25) is 4.90 Å². The Morgan fingerprint density at radius 2 is 2.05 bits per heavy atom. The maximum atomic E-state index is 5.79. The summed E-state index contributed by atoms with van der Waals surface area (Å²) in [6.45, 7) is 4.53. The average Bonchev–Trinajstić information content (AvgIpc) is 2.75. The van der Waals surface area contributed by atoms with E-state index in [1.165, 1.54) is 31.0 Å². The van der Waals surface area contributed by atoms with Crippen molar-refractivity contribution in [1.82, 2.24) is 4.90 Å². The summed E-state index contributed by atoms with van der Waals surface area (Å²) >= 11 is 2.05. The molecule has 108 valence electrons. The molecule has 0 atom stereocenters. The Hall–Kier alpha value is -1.15. The van der Waals surface area contributed by atoms with E-state index >= 15 is 0 Å². The van der Waals surface area contributed by atoms with Gasteiger partial charge in [0, 0.05) is 24.4 Å². The number of benzene rings is 1. The zero-order valence-corrected chi connectivity index (χ0v) is 12.6. The number of thioether (sulfide) groups is 1. The van der Waals surface area contributed by atoms with Crippen LogP contribution in [0.2, 0.25) is 0 Å². The predicted molar refractivity (Wildman–Crippen MR) is 86.3 cm³/mol. The van der Waals surface area contributed by atoms with Gasteiger partial charge in [-0.05, 0) is 43.0 Å². The van der Waals surface area contributed by atoms with E-state index in [9.17, 15) is 0 Å². The Morgan fingerprint density at radius 3 is 2.85 bits per heavy atom. The van der Waals surface area contributed by atoms with Crippen LogP contribution in [-0.2, 0) is 0 Å². The molecule has 20 heavy (non-hydrogen) atoms. The summed E-state index contributed by atoms with van der Waals surface area (Å²) in [5.41, 5.74) is 6.33. The van der Waals surface area contributed by atoms with Gasteiger partial charge in [-0.15, -0.1) is 0 Å². The van der Waals surface area contributed by atoms with Crippen molar-refractivity contribution in [3.05, 3.63) is 29.8 Å². The largest absolute Gasteiger partial charge is 0.492 e. The third-order valence-corrected chi connectivity index (χ3v) is 4.23. The first-order valence-corrected chi connectivity index (χ1v) is 8.26. The van der Waals surface area contributed by atoms with Crippen LogP contribution in [0.1, 0.15) is 12.0 Å². The van der Waals surface area contributed by atoms with Crippen molar-refractivity contribution in [2.24, 2.45) is 5.73 Å². The van der Waals surface area contributed by atoms with Gasteiger partial charge in [-0.1, -0.05) is 11.8 Å². The fourth-order valence-corrected chi connectivity index (χ4v) is 3.03. The van der Waals surface area contributed by atoms with Crippen LogP contribution in [0.3, 0.4) is 0 Å². The van der Waals surface area contributed by atoms with Crippen LogP contribution in [0.15, 0.2) is 24.3 Å². The van der Waals surface area contributed by atoms with E-state index < -0.39 is 0 Å². The number of nitrogens with zero attached hydrogens (tertiary/aromatic N) is 1.